The molecule has 0 spiro atoms. The standard InChI is InChI=1S/C31H30BrN3O3.C4H8O.C2H6.CH5N/c1-4-25(32)19-14-22(3)33-29(36)20-28(31(38)34-26-11-6-5-7-12-26)35-30(37)24-17-15-23(16-18-24)27-13-9-8-10-21(27)2;1-2-3-4-5;2*1-2/h4-19,28H,3,20H2,1-2H3,(H,33,36)(H,34,38)(H,35,37);4H,2-3H2,1H3;1-2H3;2H2,1H3/b19-14-,25-4+;;;. The summed E-state index contributed by atoms with van der Waals surface area (Å²) in [5.74, 6) is -1.42. The molecule has 1 atom stereocenters. The molecule has 5 N–H and O–H groups in total. The van der Waals surface area contributed by atoms with Gasteiger partial charge in [0.15, 0.2) is 0 Å². The Kier molecular flexibility index (Phi) is 23.1. The molecule has 3 aromatic carbocycles. The molecule has 0 aliphatic rings. The summed E-state index contributed by atoms with van der Waals surface area (Å²) in [5.41, 5.74) is 8.98. The maximum atomic E-state index is 13.1. The number of halogens is 1. The third kappa shape index (κ3) is 17.0. The van der Waals surface area contributed by atoms with Gasteiger partial charge in [-0.25, -0.2) is 0 Å². The van der Waals surface area contributed by atoms with Crippen molar-refractivity contribution in [2.24, 2.45) is 5.73 Å². The van der Waals surface area contributed by atoms with Crippen molar-refractivity contribution in [1.82, 2.24) is 10.6 Å². The number of aryl methyl sites for hydroxylation is 1. The molecule has 252 valence electrons. The van der Waals surface area contributed by atoms with Gasteiger partial charge in [-0.2, -0.15) is 0 Å². The maximum absolute atomic E-state index is 13.1. The van der Waals surface area contributed by atoms with E-state index in [4.69, 9.17) is 0 Å². The molecule has 8 nitrogen and oxygen atoms in total. The normalized spacial score (nSPS) is 10.8. The molecule has 0 radical (unpaired) electrons. The molecule has 0 bridgehead atoms. The van der Waals surface area contributed by atoms with Crippen molar-refractivity contribution in [3.63, 3.8) is 0 Å². The van der Waals surface area contributed by atoms with Crippen LogP contribution in [0.1, 0.15) is 62.9 Å². The fourth-order valence-corrected chi connectivity index (χ4v) is 3.88. The number of unbranched alkanes of at least 4 members (excludes halogenated alkanes) is 1. The van der Waals surface area contributed by atoms with Gasteiger partial charge < -0.3 is 26.5 Å². The van der Waals surface area contributed by atoms with E-state index < -0.39 is 23.8 Å². The van der Waals surface area contributed by atoms with E-state index in [1.54, 1.807) is 48.6 Å². The number of carbonyl (C=O) groups excluding carboxylic acids is 4. The minimum atomic E-state index is -1.11. The van der Waals surface area contributed by atoms with Gasteiger partial charge in [0.2, 0.25) is 11.8 Å². The summed E-state index contributed by atoms with van der Waals surface area (Å²) >= 11 is 3.35. The lowest BCUT2D eigenvalue weighted by molar-refractivity contribution is -0.125. The number of aldehydes is 1. The number of nitrogens with two attached hydrogens (primary N) is 1. The van der Waals surface area contributed by atoms with Crippen LogP contribution in [0.4, 0.5) is 5.69 Å². The fraction of sp³-hybridized carbons (Fsp3) is 0.263. The molecule has 9 heteroatoms. The van der Waals surface area contributed by atoms with Crippen LogP contribution >= 0.6 is 15.9 Å². The minimum absolute atomic E-state index is 0.274. The van der Waals surface area contributed by atoms with Crippen molar-refractivity contribution in [3.05, 3.63) is 125 Å². The summed E-state index contributed by atoms with van der Waals surface area (Å²) in [6.07, 6.45) is 7.56. The molecule has 3 rings (SSSR count). The highest BCUT2D eigenvalue weighted by Crippen LogP contribution is 2.23. The van der Waals surface area contributed by atoms with Gasteiger partial charge in [0.1, 0.15) is 12.3 Å². The number of rotatable bonds is 12. The highest BCUT2D eigenvalue weighted by Gasteiger charge is 2.25. The van der Waals surface area contributed by atoms with Crippen molar-refractivity contribution >= 4 is 45.6 Å². The molecular weight excluding hydrogens is 656 g/mol. The Bertz CT molecular complexity index is 1450. The van der Waals surface area contributed by atoms with Crippen molar-refractivity contribution in [3.8, 4) is 11.1 Å². The van der Waals surface area contributed by atoms with E-state index in [0.29, 0.717) is 23.4 Å². The Morgan fingerprint density at radius 1 is 0.915 bits per heavy atom. The fourth-order valence-electron chi connectivity index (χ4n) is 3.75. The van der Waals surface area contributed by atoms with Crippen LogP contribution in [-0.2, 0) is 14.4 Å². The number of hydrogen-bond donors (Lipinski definition) is 4. The van der Waals surface area contributed by atoms with Gasteiger partial charge in [-0.3, -0.25) is 14.4 Å². The van der Waals surface area contributed by atoms with E-state index in [2.05, 4.69) is 44.2 Å². The number of anilines is 1. The number of amides is 3. The Morgan fingerprint density at radius 2 is 1.51 bits per heavy atom. The zero-order valence-electron chi connectivity index (χ0n) is 28.3. The summed E-state index contributed by atoms with van der Waals surface area (Å²) in [6, 6.07) is 22.9. The molecule has 0 saturated heterocycles. The lowest BCUT2D eigenvalue weighted by Gasteiger charge is -2.19. The first-order valence-corrected chi connectivity index (χ1v) is 16.3. The largest absolute Gasteiger partial charge is 0.340 e. The van der Waals surface area contributed by atoms with E-state index in [0.717, 1.165) is 33.9 Å². The summed E-state index contributed by atoms with van der Waals surface area (Å²) in [6.45, 7) is 13.7. The molecule has 0 heterocycles. The summed E-state index contributed by atoms with van der Waals surface area (Å²) in [5, 5.41) is 8.12. The zero-order valence-corrected chi connectivity index (χ0v) is 29.9. The van der Waals surface area contributed by atoms with Crippen LogP contribution < -0.4 is 21.7 Å². The van der Waals surface area contributed by atoms with Crippen LogP contribution in [0.2, 0.25) is 0 Å². The second-order valence-corrected chi connectivity index (χ2v) is 10.4. The third-order valence-corrected chi connectivity index (χ3v) is 6.80. The Labute approximate surface area is 288 Å². The van der Waals surface area contributed by atoms with Gasteiger partial charge in [-0.15, -0.1) is 0 Å². The average Bonchev–Trinajstić information content (AvgIpc) is 3.10. The van der Waals surface area contributed by atoms with Gasteiger partial charge >= 0.3 is 0 Å². The van der Waals surface area contributed by atoms with Gasteiger partial charge in [0, 0.05) is 27.9 Å². The predicted molar refractivity (Wildman–Crippen MR) is 199 cm³/mol. The van der Waals surface area contributed by atoms with Gasteiger partial charge in [0.05, 0.1) is 6.42 Å². The number of benzene rings is 3. The minimum Gasteiger partial charge on any atom is -0.340 e. The second-order valence-electron chi connectivity index (χ2n) is 9.51. The van der Waals surface area contributed by atoms with Crippen LogP contribution in [0.5, 0.6) is 0 Å². The topological polar surface area (TPSA) is 130 Å². The lowest BCUT2D eigenvalue weighted by atomic mass is 9.99. The Hall–Kier alpha value is -4.60. The van der Waals surface area contributed by atoms with Crippen LogP contribution in [-0.4, -0.2) is 37.1 Å². The SMILES string of the molecule is C=C(/C=C\C(Br)=C/C)NC(=O)CC(NC(=O)c1ccc(-c2ccccc2C)cc1)C(=O)Nc1ccccc1.CC.CCCC=O.CN. The predicted octanol–water partition coefficient (Wildman–Crippen LogP) is 7.86. The highest BCUT2D eigenvalue weighted by molar-refractivity contribution is 9.11. The van der Waals surface area contributed by atoms with Crippen molar-refractivity contribution < 1.29 is 19.2 Å². The number of carbonyl (C=O) groups is 4. The lowest BCUT2D eigenvalue weighted by Crippen LogP contribution is -2.46. The number of hydrogen-bond acceptors (Lipinski definition) is 5. The first-order valence-electron chi connectivity index (χ1n) is 15.5. The van der Waals surface area contributed by atoms with Gasteiger partial charge in [-0.05, 0) is 80.4 Å². The molecule has 1 unspecified atom stereocenters. The van der Waals surface area contributed by atoms with Crippen molar-refractivity contribution in [2.75, 3.05) is 12.4 Å². The maximum Gasteiger partial charge on any atom is 0.251 e. The van der Waals surface area contributed by atoms with E-state index >= 15 is 0 Å². The Morgan fingerprint density at radius 3 is 2.04 bits per heavy atom. The molecule has 0 aromatic heterocycles. The molecule has 3 amide bonds. The second kappa shape index (κ2) is 25.6. The van der Waals surface area contributed by atoms with Gasteiger partial charge in [-0.1, -0.05) is 104 Å². The van der Waals surface area contributed by atoms with E-state index in [1.807, 2.05) is 83.2 Å². The summed E-state index contributed by atoms with van der Waals surface area (Å²) in [7, 11) is 1.50. The van der Waals surface area contributed by atoms with Crippen molar-refractivity contribution in [1.29, 1.82) is 0 Å². The van der Waals surface area contributed by atoms with Crippen LogP contribution in [0.25, 0.3) is 11.1 Å². The number of nitrogens with one attached hydrogen (secondary N) is 3. The van der Waals surface area contributed by atoms with Crippen LogP contribution in [0.3, 0.4) is 0 Å². The Balaban J connectivity index is 0.00000211. The van der Waals surface area contributed by atoms with E-state index in [-0.39, 0.29) is 6.42 Å². The molecular formula is C38H49BrN4O4. The third-order valence-electron chi connectivity index (χ3n) is 6.08. The first-order chi connectivity index (χ1) is 22.7. The van der Waals surface area contributed by atoms with E-state index in [1.165, 1.54) is 7.05 Å². The van der Waals surface area contributed by atoms with Gasteiger partial charge in [0.25, 0.3) is 5.91 Å². The first kappa shape index (κ1) is 42.4. The highest BCUT2D eigenvalue weighted by atomic mass is 79.9. The summed E-state index contributed by atoms with van der Waals surface area (Å²) < 4.78 is 0.828. The van der Waals surface area contributed by atoms with Crippen molar-refractivity contribution in [2.45, 2.75) is 59.9 Å². The number of para-hydroxylation sites is 1. The molecule has 0 aliphatic heterocycles. The molecule has 0 fully saturated rings. The van der Waals surface area contributed by atoms with E-state index in [9.17, 15) is 19.2 Å². The van der Waals surface area contributed by atoms with Crippen LogP contribution in [0, 0.1) is 6.92 Å². The van der Waals surface area contributed by atoms with Crippen LogP contribution in [0.15, 0.2) is 114 Å². The summed E-state index contributed by atoms with van der Waals surface area (Å²) in [4.78, 5) is 48.3. The molecule has 0 aliphatic carbocycles. The average molecular weight is 706 g/mol. The zero-order chi connectivity index (χ0) is 35.6. The monoisotopic (exact) mass is 704 g/mol. The molecule has 47 heavy (non-hydrogen) atoms. The molecule has 3 aromatic rings. The smallest absolute Gasteiger partial charge is 0.251 e. The molecule has 0 saturated carbocycles. The number of allylic oxidation sites excluding steroid dienone is 4. The quantitative estimate of drug-likeness (QED) is 0.113.